The largest absolute Gasteiger partial charge is 0.370 e. The number of aromatic nitrogens is 3. The van der Waals surface area contributed by atoms with Gasteiger partial charge in [0.15, 0.2) is 0 Å². The number of hydrogen-bond donors (Lipinski definition) is 0. The fourth-order valence-corrected chi connectivity index (χ4v) is 5.60. The maximum Gasteiger partial charge on any atom is 0.146 e. The number of ketones is 2. The number of piperidine rings is 1. The molecule has 0 atom stereocenters. The molecule has 3 heterocycles. The normalized spacial score (nSPS) is 17.6. The molecule has 0 radical (unpaired) electrons. The molecule has 1 saturated carbocycles. The van der Waals surface area contributed by atoms with Crippen LogP contribution in [-0.2, 0) is 16.6 Å². The number of nitrogens with zero attached hydrogens (tertiary/aromatic N) is 4. The first-order valence-electron chi connectivity index (χ1n) is 11.9. The van der Waals surface area contributed by atoms with Gasteiger partial charge in [-0.3, -0.25) is 14.6 Å². The number of hydrogen-bond acceptors (Lipinski definition) is 5. The molecule has 6 nitrogen and oxygen atoms in total. The minimum Gasteiger partial charge on any atom is -0.370 e. The number of fused-ring (bicyclic) bond motifs is 1. The van der Waals surface area contributed by atoms with Crippen LogP contribution < -0.4 is 4.90 Å². The summed E-state index contributed by atoms with van der Waals surface area (Å²) in [7, 11) is 1.95. The van der Waals surface area contributed by atoms with Gasteiger partial charge in [-0.25, -0.2) is 9.37 Å². The molecule has 0 bridgehead atoms. The Hall–Kier alpha value is -3.87. The summed E-state index contributed by atoms with van der Waals surface area (Å²) in [6.45, 7) is 1.33. The van der Waals surface area contributed by atoms with Gasteiger partial charge in [0.2, 0.25) is 0 Å². The summed E-state index contributed by atoms with van der Waals surface area (Å²) in [5, 5.41) is 1.000. The van der Waals surface area contributed by atoms with Gasteiger partial charge < -0.3 is 9.47 Å². The van der Waals surface area contributed by atoms with Gasteiger partial charge in [-0.05, 0) is 55.3 Å². The van der Waals surface area contributed by atoms with E-state index in [-0.39, 0.29) is 17.4 Å². The van der Waals surface area contributed by atoms with Crippen LogP contribution in [0.1, 0.15) is 25.7 Å². The second-order valence-corrected chi connectivity index (χ2v) is 9.58. The monoisotopic (exact) mass is 468 g/mol. The van der Waals surface area contributed by atoms with E-state index in [0.29, 0.717) is 38.8 Å². The number of pyridine rings is 1. The highest BCUT2D eigenvalue weighted by Gasteiger charge is 2.50. The van der Waals surface area contributed by atoms with E-state index in [1.54, 1.807) is 18.5 Å². The van der Waals surface area contributed by atoms with Gasteiger partial charge in [-0.2, -0.15) is 0 Å². The van der Waals surface area contributed by atoms with Gasteiger partial charge in [0.25, 0.3) is 0 Å². The predicted molar refractivity (Wildman–Crippen MR) is 132 cm³/mol. The summed E-state index contributed by atoms with van der Waals surface area (Å²) < 4.78 is 15.4. The second kappa shape index (κ2) is 8.12. The average Bonchev–Trinajstić information content (AvgIpc) is 3.39. The van der Waals surface area contributed by atoms with Crippen LogP contribution in [0.2, 0.25) is 0 Å². The van der Waals surface area contributed by atoms with Crippen molar-refractivity contribution in [3.8, 4) is 22.5 Å². The number of benzene rings is 2. The molecule has 176 valence electrons. The van der Waals surface area contributed by atoms with E-state index in [1.807, 2.05) is 29.9 Å². The molecule has 0 amide bonds. The summed E-state index contributed by atoms with van der Waals surface area (Å²) in [4.78, 5) is 36.3. The summed E-state index contributed by atoms with van der Waals surface area (Å²) in [5.41, 5.74) is 4.72. The Kier molecular flexibility index (Phi) is 5.02. The molecule has 6 rings (SSSR count). The summed E-state index contributed by atoms with van der Waals surface area (Å²) >= 11 is 0. The van der Waals surface area contributed by atoms with Crippen molar-refractivity contribution in [3.63, 3.8) is 0 Å². The molecule has 2 aliphatic rings. The summed E-state index contributed by atoms with van der Waals surface area (Å²) in [6, 6.07) is 14.6. The van der Waals surface area contributed by atoms with E-state index in [9.17, 15) is 14.0 Å². The number of Topliss-reactive ketones (excluding diaryl/α,β-unsaturated/α-hetero) is 2. The van der Waals surface area contributed by atoms with Gasteiger partial charge in [0, 0.05) is 49.5 Å². The molecule has 1 aliphatic heterocycles. The van der Waals surface area contributed by atoms with Crippen molar-refractivity contribution in [2.75, 3.05) is 18.0 Å². The van der Waals surface area contributed by atoms with Crippen molar-refractivity contribution >= 4 is 28.2 Å². The lowest BCUT2D eigenvalue weighted by Crippen LogP contribution is -2.45. The van der Waals surface area contributed by atoms with E-state index in [0.717, 1.165) is 39.1 Å². The molecule has 7 heteroatoms. The van der Waals surface area contributed by atoms with E-state index in [1.165, 1.54) is 12.1 Å². The van der Waals surface area contributed by atoms with Gasteiger partial charge in [-0.15, -0.1) is 0 Å². The topological polar surface area (TPSA) is 68.1 Å². The molecule has 0 unspecified atom stereocenters. The lowest BCUT2D eigenvalue weighted by Gasteiger charge is -2.38. The first kappa shape index (κ1) is 21.6. The van der Waals surface area contributed by atoms with E-state index < -0.39 is 5.41 Å². The number of carbonyl (C=O) groups excluding carboxylic acids is 2. The number of anilines is 1. The fraction of sp³-hybridized carbons (Fsp3) is 0.286. The van der Waals surface area contributed by atoms with Gasteiger partial charge in [0.05, 0.1) is 40.5 Å². The van der Waals surface area contributed by atoms with Gasteiger partial charge in [-0.1, -0.05) is 6.07 Å². The fourth-order valence-electron chi connectivity index (χ4n) is 5.60. The zero-order valence-corrected chi connectivity index (χ0v) is 19.5. The van der Waals surface area contributed by atoms with Crippen LogP contribution in [0.25, 0.3) is 33.4 Å². The zero-order valence-electron chi connectivity index (χ0n) is 19.5. The average molecular weight is 469 g/mol. The number of imidazole rings is 1. The lowest BCUT2D eigenvalue weighted by atomic mass is 9.75. The Bertz CT molecular complexity index is 1450. The minimum absolute atomic E-state index is 0.122. The first-order valence-corrected chi connectivity index (χ1v) is 11.9. The van der Waals surface area contributed by atoms with E-state index in [2.05, 4.69) is 27.0 Å². The molecular formula is C28H25FN4O2. The quantitative estimate of drug-likeness (QED) is 0.398. The standard InChI is InChI=1S/C28H25FN4O2/c1-32-17-31-26(18-2-5-21(29)6-3-18)27(32)19-4-7-23-20(14-19)15-22(16-30-23)33-12-10-28(11-13-33)24(34)8-9-25(28)35/h2-7,14-17H,8-13H2,1H3. The Balaban J connectivity index is 1.32. The third kappa shape index (κ3) is 3.53. The third-order valence-corrected chi connectivity index (χ3v) is 7.62. The maximum atomic E-state index is 13.5. The molecule has 1 spiro atoms. The van der Waals surface area contributed by atoms with Crippen LogP contribution in [0.3, 0.4) is 0 Å². The van der Waals surface area contributed by atoms with Crippen molar-refractivity contribution in [3.05, 3.63) is 66.9 Å². The Labute approximate surface area is 202 Å². The number of aryl methyl sites for hydroxylation is 1. The molecule has 35 heavy (non-hydrogen) atoms. The molecule has 2 aromatic carbocycles. The minimum atomic E-state index is -0.746. The number of carbonyl (C=O) groups is 2. The summed E-state index contributed by atoms with van der Waals surface area (Å²) in [6.07, 6.45) is 5.59. The summed E-state index contributed by atoms with van der Waals surface area (Å²) in [5.74, 6) is -0.0334. The highest BCUT2D eigenvalue weighted by Crippen LogP contribution is 2.42. The third-order valence-electron chi connectivity index (χ3n) is 7.62. The molecule has 4 aromatic rings. The van der Waals surface area contributed by atoms with Crippen molar-refractivity contribution < 1.29 is 14.0 Å². The van der Waals surface area contributed by atoms with E-state index in [4.69, 9.17) is 0 Å². The van der Waals surface area contributed by atoms with E-state index >= 15 is 0 Å². The molecule has 2 fully saturated rings. The smallest absolute Gasteiger partial charge is 0.146 e. The number of rotatable bonds is 3. The van der Waals surface area contributed by atoms with Crippen LogP contribution in [0, 0.1) is 11.2 Å². The Morgan fingerprint density at radius 3 is 2.29 bits per heavy atom. The maximum absolute atomic E-state index is 13.5. The van der Waals surface area contributed by atoms with Crippen molar-refractivity contribution in [1.29, 1.82) is 0 Å². The van der Waals surface area contributed by atoms with Crippen LogP contribution >= 0.6 is 0 Å². The van der Waals surface area contributed by atoms with Crippen molar-refractivity contribution in [2.45, 2.75) is 25.7 Å². The molecule has 1 saturated heterocycles. The van der Waals surface area contributed by atoms with Crippen LogP contribution in [0.4, 0.5) is 10.1 Å². The van der Waals surface area contributed by atoms with Crippen LogP contribution in [0.5, 0.6) is 0 Å². The zero-order chi connectivity index (χ0) is 24.2. The molecule has 2 aromatic heterocycles. The van der Waals surface area contributed by atoms with Gasteiger partial charge in [0.1, 0.15) is 17.4 Å². The Morgan fingerprint density at radius 2 is 1.57 bits per heavy atom. The SMILES string of the molecule is Cn1cnc(-c2ccc(F)cc2)c1-c1ccc2ncc(N3CCC4(CC3)C(=O)CCC4=O)cc2c1. The highest BCUT2D eigenvalue weighted by molar-refractivity contribution is 6.13. The number of halogens is 1. The van der Waals surface area contributed by atoms with Gasteiger partial charge >= 0.3 is 0 Å². The molecule has 1 aliphatic carbocycles. The molecular weight excluding hydrogens is 443 g/mol. The van der Waals surface area contributed by atoms with Crippen molar-refractivity contribution in [1.82, 2.24) is 14.5 Å². The predicted octanol–water partition coefficient (Wildman–Crippen LogP) is 4.96. The van der Waals surface area contributed by atoms with Crippen molar-refractivity contribution in [2.24, 2.45) is 12.5 Å². The van der Waals surface area contributed by atoms with Crippen LogP contribution in [-0.4, -0.2) is 39.2 Å². The second-order valence-electron chi connectivity index (χ2n) is 9.58. The molecule has 0 N–H and O–H groups in total. The lowest BCUT2D eigenvalue weighted by molar-refractivity contribution is -0.136. The highest BCUT2D eigenvalue weighted by atomic mass is 19.1. The first-order chi connectivity index (χ1) is 16.9. The van der Waals surface area contributed by atoms with Crippen LogP contribution in [0.15, 0.2) is 61.1 Å². The Morgan fingerprint density at radius 1 is 0.886 bits per heavy atom.